The van der Waals surface area contributed by atoms with Gasteiger partial charge in [-0.25, -0.2) is 9.97 Å². The fraction of sp³-hybridized carbons (Fsp3) is 0.273. The Morgan fingerprint density at radius 3 is 1.49 bits per heavy atom. The molecular formula is C22H25Br2Cu2N7O4. The first-order valence-corrected chi connectivity index (χ1v) is 12.3. The quantitative estimate of drug-likeness (QED) is 0.184. The summed E-state index contributed by atoms with van der Waals surface area (Å²) in [5, 5.41) is 7.59. The molecule has 11 nitrogen and oxygen atoms in total. The van der Waals surface area contributed by atoms with Gasteiger partial charge in [0.05, 0.1) is 11.1 Å². The molecule has 208 valence electrons. The molecule has 2 aliphatic rings. The molecule has 1 radical (unpaired) electrons. The van der Waals surface area contributed by atoms with Gasteiger partial charge < -0.3 is 31.4 Å². The van der Waals surface area contributed by atoms with Crippen LogP contribution in [-0.4, -0.2) is 49.5 Å². The Kier molecular flexibility index (Phi) is 12.3. The number of amides is 2. The van der Waals surface area contributed by atoms with Crippen LogP contribution in [0.3, 0.4) is 0 Å². The first-order chi connectivity index (χ1) is 16.4. The molecule has 37 heavy (non-hydrogen) atoms. The van der Waals surface area contributed by atoms with E-state index in [0.29, 0.717) is 13.1 Å². The molecule has 4 aromatic rings. The number of hydrogen-bond acceptors (Lipinski definition) is 6. The van der Waals surface area contributed by atoms with Gasteiger partial charge in [-0.1, -0.05) is 0 Å². The number of hydrogen-bond donors (Lipinski definition) is 3. The second kappa shape index (κ2) is 13.7. The summed E-state index contributed by atoms with van der Waals surface area (Å²) in [4.78, 5) is 32.5. The Morgan fingerprint density at radius 1 is 0.784 bits per heavy atom. The van der Waals surface area contributed by atoms with Gasteiger partial charge in [0.2, 0.25) is 0 Å². The summed E-state index contributed by atoms with van der Waals surface area (Å²) >= 11 is 9.64. The molecule has 0 saturated carbocycles. The number of aryl methyl sites for hydroxylation is 2. The molecule has 15 heteroatoms. The Bertz CT molecular complexity index is 1350. The van der Waals surface area contributed by atoms with Gasteiger partial charge in [0.15, 0.2) is 0 Å². The van der Waals surface area contributed by atoms with Crippen molar-refractivity contribution in [3.63, 3.8) is 0 Å². The van der Waals surface area contributed by atoms with Crippen LogP contribution < -0.4 is 16.8 Å². The number of nitrogens with zero attached hydrogens (tertiary/aromatic N) is 4. The number of pyridine rings is 2. The van der Waals surface area contributed by atoms with Crippen molar-refractivity contribution in [2.45, 2.75) is 12.8 Å². The average molecular weight is 738 g/mol. The van der Waals surface area contributed by atoms with Gasteiger partial charge in [-0.3, -0.25) is 9.59 Å². The van der Waals surface area contributed by atoms with Crippen molar-refractivity contribution in [2.75, 3.05) is 13.1 Å². The van der Waals surface area contributed by atoms with Crippen molar-refractivity contribution in [3.05, 3.63) is 56.0 Å². The van der Waals surface area contributed by atoms with Crippen LogP contribution >= 0.6 is 31.9 Å². The molecule has 0 aromatic carbocycles. The molecule has 4 aromatic heterocycles. The molecule has 2 amide bonds. The third-order valence-electron chi connectivity index (χ3n) is 5.99. The zero-order chi connectivity index (χ0) is 24.6. The van der Waals surface area contributed by atoms with Crippen molar-refractivity contribution in [2.24, 2.45) is 14.1 Å². The Labute approximate surface area is 248 Å². The molecule has 7 N–H and O–H groups in total. The molecule has 0 unspecified atom stereocenters. The Morgan fingerprint density at radius 2 is 1.14 bits per heavy atom. The first kappa shape index (κ1) is 33.1. The number of aromatic nitrogens is 4. The van der Waals surface area contributed by atoms with Crippen molar-refractivity contribution in [1.29, 1.82) is 0 Å². The summed E-state index contributed by atoms with van der Waals surface area (Å²) in [5.41, 5.74) is 5.43. The van der Waals surface area contributed by atoms with E-state index in [1.54, 1.807) is 0 Å². The summed E-state index contributed by atoms with van der Waals surface area (Å²) in [6, 6.07) is 7.61. The minimum atomic E-state index is 0. The third-order valence-corrected chi connectivity index (χ3v) is 6.88. The molecular weight excluding hydrogens is 713 g/mol. The van der Waals surface area contributed by atoms with Crippen LogP contribution in [0.25, 0.3) is 22.1 Å². The second-order valence-corrected chi connectivity index (χ2v) is 9.41. The van der Waals surface area contributed by atoms with Gasteiger partial charge in [0.25, 0.3) is 11.8 Å². The second-order valence-electron chi connectivity index (χ2n) is 7.78. The summed E-state index contributed by atoms with van der Waals surface area (Å²) in [6.45, 7) is 1.41. The van der Waals surface area contributed by atoms with E-state index in [0.717, 1.165) is 66.6 Å². The number of carbonyl (C=O) groups excluding carboxylic acids is 2. The van der Waals surface area contributed by atoms with Crippen LogP contribution in [0.1, 0.15) is 32.1 Å². The monoisotopic (exact) mass is 735 g/mol. The molecule has 0 aliphatic carbocycles. The van der Waals surface area contributed by atoms with Crippen molar-refractivity contribution in [3.8, 4) is 0 Å². The standard InChI is InChI=1S/2C11H10BrN3O.2Cu.H3N.H2O.O/c2*1-15-7-4-5-13-11(16)9(7)6-2-3-8(12)14-10(6)15;;;;;/h2*2-3H,4-5H2,1H3,(H,13,16);;;1H3;1H2;. The predicted octanol–water partition coefficient (Wildman–Crippen LogP) is 2.46. The summed E-state index contributed by atoms with van der Waals surface area (Å²) in [5.74, 6) is 0.0203. The van der Waals surface area contributed by atoms with Crippen LogP contribution in [0.2, 0.25) is 0 Å². The van der Waals surface area contributed by atoms with E-state index in [2.05, 4.69) is 68.4 Å². The number of nitrogens with one attached hydrogen (secondary N) is 2. The van der Waals surface area contributed by atoms with Crippen molar-refractivity contribution >= 4 is 65.7 Å². The molecule has 6 heterocycles. The van der Waals surface area contributed by atoms with Gasteiger partial charge in [-0.15, -0.1) is 0 Å². The zero-order valence-electron chi connectivity index (χ0n) is 19.7. The fourth-order valence-electron chi connectivity index (χ4n) is 4.51. The molecule has 0 spiro atoms. The molecule has 0 atom stereocenters. The SMILES string of the molecule is Cn1c2c(c3ccc(Br)nc31)C(=O)NCC2.Cn1c2c(c3ccc(Br)nc31)C(=O)NCC2.N.O.[Cu].[O]=[Cu]. The number of carbonyl (C=O) groups is 2. The Balaban J connectivity index is 0.000000322. The van der Waals surface area contributed by atoms with Crippen LogP contribution in [0.15, 0.2) is 33.5 Å². The van der Waals surface area contributed by atoms with E-state index in [-0.39, 0.29) is 40.5 Å². The summed E-state index contributed by atoms with van der Waals surface area (Å²) in [6.07, 6.45) is 1.73. The van der Waals surface area contributed by atoms with Gasteiger partial charge in [0.1, 0.15) is 20.5 Å². The number of halogens is 2. The number of rotatable bonds is 0. The van der Waals surface area contributed by atoms with Crippen LogP contribution in [0, 0.1) is 0 Å². The zero-order valence-corrected chi connectivity index (χ0v) is 24.8. The van der Waals surface area contributed by atoms with Gasteiger partial charge in [0, 0.05) is 79.3 Å². The number of fused-ring (bicyclic) bond motifs is 6. The van der Waals surface area contributed by atoms with Crippen LogP contribution in [-0.2, 0) is 63.8 Å². The van der Waals surface area contributed by atoms with E-state index in [1.807, 2.05) is 47.5 Å². The van der Waals surface area contributed by atoms with E-state index in [9.17, 15) is 9.59 Å². The normalized spacial score (nSPS) is 13.1. The molecule has 2 aliphatic heterocycles. The molecule has 6 rings (SSSR count). The topological polar surface area (TPSA) is 177 Å². The fourth-order valence-corrected chi connectivity index (χ4v) is 5.11. The van der Waals surface area contributed by atoms with E-state index in [1.165, 1.54) is 0 Å². The van der Waals surface area contributed by atoms with Gasteiger partial charge in [-0.05, 0) is 56.1 Å². The van der Waals surface area contributed by atoms with Crippen molar-refractivity contribution in [1.82, 2.24) is 35.9 Å². The van der Waals surface area contributed by atoms with E-state index in [4.69, 9.17) is 3.83 Å². The third kappa shape index (κ3) is 6.04. The van der Waals surface area contributed by atoms with E-state index >= 15 is 0 Å². The molecule has 0 fully saturated rings. The van der Waals surface area contributed by atoms with Gasteiger partial charge >= 0.3 is 19.8 Å². The van der Waals surface area contributed by atoms with Crippen LogP contribution in [0.4, 0.5) is 0 Å². The maximum atomic E-state index is 11.8. The maximum absolute atomic E-state index is 11.8. The summed E-state index contributed by atoms with van der Waals surface area (Å²) in [7, 11) is 3.92. The average Bonchev–Trinajstić information content (AvgIpc) is 3.29. The van der Waals surface area contributed by atoms with E-state index < -0.39 is 0 Å². The van der Waals surface area contributed by atoms with Crippen molar-refractivity contribution < 1.29 is 51.9 Å². The summed E-state index contributed by atoms with van der Waals surface area (Å²) < 4.78 is 13.4. The molecule has 0 saturated heterocycles. The predicted molar refractivity (Wildman–Crippen MR) is 138 cm³/mol. The minimum absolute atomic E-state index is 0. The van der Waals surface area contributed by atoms with Crippen LogP contribution in [0.5, 0.6) is 0 Å². The Hall–Kier alpha value is -1.96. The van der Waals surface area contributed by atoms with Gasteiger partial charge in [-0.2, -0.15) is 0 Å². The molecule has 0 bridgehead atoms. The first-order valence-electron chi connectivity index (χ1n) is 10.3.